The number of sulfonamides is 1. The van der Waals surface area contributed by atoms with Gasteiger partial charge in [0.2, 0.25) is 0 Å². The van der Waals surface area contributed by atoms with E-state index in [1.165, 1.54) is 25.3 Å². The topological polar surface area (TPSA) is 108 Å². The van der Waals surface area contributed by atoms with Crippen LogP contribution in [0, 0.1) is 0 Å². The van der Waals surface area contributed by atoms with Gasteiger partial charge in [-0.05, 0) is 30.3 Å². The number of esters is 1. The van der Waals surface area contributed by atoms with E-state index in [2.05, 4.69) is 25.4 Å². The average molecular weight is 441 g/mol. The molecule has 0 aliphatic carbocycles. The van der Waals surface area contributed by atoms with Gasteiger partial charge in [0.05, 0.1) is 17.5 Å². The maximum absolute atomic E-state index is 12.5. The number of ether oxygens (including phenoxy) is 1. The lowest BCUT2D eigenvalue weighted by atomic mass is 10.3. The first-order valence-electron chi connectivity index (χ1n) is 7.29. The first-order chi connectivity index (χ1) is 12.3. The van der Waals surface area contributed by atoms with Gasteiger partial charge in [0.1, 0.15) is 6.54 Å². The van der Waals surface area contributed by atoms with E-state index in [0.717, 1.165) is 9.04 Å². The lowest BCUT2D eigenvalue weighted by molar-refractivity contribution is -0.141. The number of nitrogens with zero attached hydrogens (tertiary/aromatic N) is 1. The molecule has 0 amide bonds. The molecular formula is C16H13BrN2O6S. The van der Waals surface area contributed by atoms with Crippen molar-refractivity contribution in [1.29, 1.82) is 0 Å². The summed E-state index contributed by atoms with van der Waals surface area (Å²) in [5, 5.41) is 0. The summed E-state index contributed by atoms with van der Waals surface area (Å²) in [5.74, 6) is -1.40. The molecule has 136 valence electrons. The Hall–Kier alpha value is -2.59. The molecule has 8 nitrogen and oxygen atoms in total. The van der Waals surface area contributed by atoms with E-state index in [1.54, 1.807) is 24.3 Å². The molecule has 3 aromatic rings. The number of rotatable bonds is 5. The van der Waals surface area contributed by atoms with Crippen LogP contribution in [0.3, 0.4) is 0 Å². The zero-order chi connectivity index (χ0) is 18.9. The molecule has 0 bridgehead atoms. The van der Waals surface area contributed by atoms with Gasteiger partial charge in [0, 0.05) is 16.2 Å². The Balaban J connectivity index is 1.98. The summed E-state index contributed by atoms with van der Waals surface area (Å²) in [6.07, 6.45) is 0. The van der Waals surface area contributed by atoms with Crippen LogP contribution >= 0.6 is 15.9 Å². The summed E-state index contributed by atoms with van der Waals surface area (Å²) in [6, 6.07) is 10.6. The Morgan fingerprint density at radius 2 is 2.04 bits per heavy atom. The van der Waals surface area contributed by atoms with E-state index in [9.17, 15) is 18.0 Å². The largest absolute Gasteiger partial charge is 0.468 e. The molecule has 0 atom stereocenters. The van der Waals surface area contributed by atoms with Crippen molar-refractivity contribution in [3.05, 3.63) is 57.5 Å². The zero-order valence-electron chi connectivity index (χ0n) is 13.4. The number of oxazole rings is 1. The van der Waals surface area contributed by atoms with Crippen LogP contribution < -0.4 is 10.5 Å². The Morgan fingerprint density at radius 3 is 2.73 bits per heavy atom. The highest BCUT2D eigenvalue weighted by Gasteiger charge is 2.19. The fourth-order valence-corrected chi connectivity index (χ4v) is 3.79. The van der Waals surface area contributed by atoms with Crippen molar-refractivity contribution >= 4 is 48.7 Å². The van der Waals surface area contributed by atoms with Crippen LogP contribution in [0.4, 0.5) is 5.69 Å². The number of benzene rings is 2. The molecule has 0 aliphatic heterocycles. The maximum atomic E-state index is 12.5. The monoisotopic (exact) mass is 440 g/mol. The molecule has 0 spiro atoms. The molecule has 1 aromatic heterocycles. The second-order valence-electron chi connectivity index (χ2n) is 5.28. The van der Waals surface area contributed by atoms with Gasteiger partial charge in [0.25, 0.3) is 10.0 Å². The number of halogens is 1. The molecule has 0 radical (unpaired) electrons. The van der Waals surface area contributed by atoms with Crippen molar-refractivity contribution < 1.29 is 22.4 Å². The van der Waals surface area contributed by atoms with Gasteiger partial charge in [-0.2, -0.15) is 0 Å². The lowest BCUT2D eigenvalue weighted by Crippen LogP contribution is -2.20. The van der Waals surface area contributed by atoms with Gasteiger partial charge in [0.15, 0.2) is 5.58 Å². The minimum atomic E-state index is -3.89. The summed E-state index contributed by atoms with van der Waals surface area (Å²) in [4.78, 5) is 23.2. The number of aromatic nitrogens is 1. The van der Waals surface area contributed by atoms with Crippen LogP contribution in [0.1, 0.15) is 0 Å². The summed E-state index contributed by atoms with van der Waals surface area (Å²) >= 11 is 3.27. The maximum Gasteiger partial charge on any atom is 0.420 e. The molecule has 0 fully saturated rings. The molecule has 2 aromatic carbocycles. The number of hydrogen-bond acceptors (Lipinski definition) is 6. The first-order valence-corrected chi connectivity index (χ1v) is 9.56. The van der Waals surface area contributed by atoms with Crippen LogP contribution in [0.25, 0.3) is 11.1 Å². The Kier molecular flexibility index (Phi) is 4.88. The predicted molar refractivity (Wildman–Crippen MR) is 97.4 cm³/mol. The fourth-order valence-electron chi connectivity index (χ4n) is 2.32. The Morgan fingerprint density at radius 1 is 1.27 bits per heavy atom. The van der Waals surface area contributed by atoms with Crippen LogP contribution in [-0.4, -0.2) is 26.1 Å². The highest BCUT2D eigenvalue weighted by Crippen LogP contribution is 2.22. The molecule has 0 unspecified atom stereocenters. The van der Waals surface area contributed by atoms with Gasteiger partial charge in [-0.3, -0.25) is 14.1 Å². The van der Waals surface area contributed by atoms with E-state index >= 15 is 0 Å². The van der Waals surface area contributed by atoms with Gasteiger partial charge < -0.3 is 9.15 Å². The van der Waals surface area contributed by atoms with Crippen molar-refractivity contribution in [2.75, 3.05) is 11.8 Å². The third kappa shape index (κ3) is 3.65. The van der Waals surface area contributed by atoms with E-state index in [1.807, 2.05) is 0 Å². The van der Waals surface area contributed by atoms with E-state index in [4.69, 9.17) is 4.42 Å². The molecular weight excluding hydrogens is 428 g/mol. The van der Waals surface area contributed by atoms with E-state index < -0.39 is 21.7 Å². The lowest BCUT2D eigenvalue weighted by Gasteiger charge is -2.08. The van der Waals surface area contributed by atoms with Gasteiger partial charge >= 0.3 is 11.7 Å². The van der Waals surface area contributed by atoms with Crippen LogP contribution in [0.2, 0.25) is 0 Å². The van der Waals surface area contributed by atoms with E-state index in [0.29, 0.717) is 11.2 Å². The fraction of sp³-hybridized carbons (Fsp3) is 0.125. The van der Waals surface area contributed by atoms with Gasteiger partial charge in [-0.1, -0.05) is 22.0 Å². The number of methoxy groups -OCH3 is 1. The zero-order valence-corrected chi connectivity index (χ0v) is 15.8. The second kappa shape index (κ2) is 6.96. The molecule has 0 aliphatic rings. The normalized spacial score (nSPS) is 11.5. The van der Waals surface area contributed by atoms with Crippen LogP contribution in [0.15, 0.2) is 61.0 Å². The average Bonchev–Trinajstić information content (AvgIpc) is 2.89. The Bertz CT molecular complexity index is 1150. The van der Waals surface area contributed by atoms with Crippen molar-refractivity contribution in [3.63, 3.8) is 0 Å². The third-order valence-corrected chi connectivity index (χ3v) is 5.41. The SMILES string of the molecule is COC(=O)Cn1c(=O)oc2cc(S(=O)(=O)Nc3cccc(Br)c3)ccc21. The third-order valence-electron chi connectivity index (χ3n) is 3.54. The van der Waals surface area contributed by atoms with Crippen LogP contribution in [0.5, 0.6) is 0 Å². The van der Waals surface area contributed by atoms with E-state index in [-0.39, 0.29) is 17.0 Å². The first kappa shape index (κ1) is 18.2. The standard InChI is InChI=1S/C16H13BrN2O6S/c1-24-15(20)9-19-13-6-5-12(8-14(13)25-16(19)21)26(22,23)18-11-4-2-3-10(17)7-11/h2-8,18H,9H2,1H3. The number of nitrogens with one attached hydrogen (secondary N) is 1. The Labute approximate surface area is 156 Å². The molecule has 10 heteroatoms. The van der Waals surface area contributed by atoms with Crippen molar-refractivity contribution in [3.8, 4) is 0 Å². The number of carbonyl (C=O) groups excluding carboxylic acids is 1. The summed E-state index contributed by atoms with van der Waals surface area (Å²) < 4.78 is 38.9. The number of carbonyl (C=O) groups is 1. The molecule has 3 rings (SSSR count). The highest BCUT2D eigenvalue weighted by molar-refractivity contribution is 9.10. The van der Waals surface area contributed by atoms with Crippen molar-refractivity contribution in [2.24, 2.45) is 0 Å². The predicted octanol–water partition coefficient (Wildman–Crippen LogP) is 2.33. The minimum absolute atomic E-state index is 0.0519. The van der Waals surface area contributed by atoms with Crippen molar-refractivity contribution in [1.82, 2.24) is 4.57 Å². The number of hydrogen-bond donors (Lipinski definition) is 1. The number of fused-ring (bicyclic) bond motifs is 1. The summed E-state index contributed by atoms with van der Waals surface area (Å²) in [5.41, 5.74) is 0.724. The highest BCUT2D eigenvalue weighted by atomic mass is 79.9. The molecule has 26 heavy (non-hydrogen) atoms. The quantitative estimate of drug-likeness (QED) is 0.609. The molecule has 1 heterocycles. The van der Waals surface area contributed by atoms with Gasteiger partial charge in [-0.15, -0.1) is 0 Å². The summed E-state index contributed by atoms with van der Waals surface area (Å²) in [6.45, 7) is -0.329. The van der Waals surface area contributed by atoms with Gasteiger partial charge in [-0.25, -0.2) is 13.2 Å². The van der Waals surface area contributed by atoms with Crippen LogP contribution in [-0.2, 0) is 26.1 Å². The van der Waals surface area contributed by atoms with Crippen molar-refractivity contribution in [2.45, 2.75) is 11.4 Å². The molecule has 1 N–H and O–H groups in total. The molecule has 0 saturated heterocycles. The summed E-state index contributed by atoms with van der Waals surface area (Å²) in [7, 11) is -2.68. The number of anilines is 1. The molecule has 0 saturated carbocycles. The minimum Gasteiger partial charge on any atom is -0.468 e. The second-order valence-corrected chi connectivity index (χ2v) is 7.87. The smallest absolute Gasteiger partial charge is 0.420 e.